The topological polar surface area (TPSA) is 62.2 Å². The molecule has 2 N–H and O–H groups in total. The second-order valence-electron chi connectivity index (χ2n) is 4.11. The smallest absolute Gasteiger partial charge is 0.251 e. The zero-order valence-electron chi connectivity index (χ0n) is 11.0. The van der Waals surface area contributed by atoms with Crippen molar-refractivity contribution >= 4 is 17.2 Å². The molecule has 20 heavy (non-hydrogen) atoms. The first kappa shape index (κ1) is 14.3. The lowest BCUT2D eigenvalue weighted by Crippen LogP contribution is -2.26. The molecule has 0 aliphatic rings. The first-order chi connectivity index (χ1) is 9.70. The number of hydrogen-bond acceptors (Lipinski definition) is 4. The van der Waals surface area contributed by atoms with Gasteiger partial charge in [0.05, 0.1) is 6.04 Å². The maximum atomic E-state index is 12.1. The van der Waals surface area contributed by atoms with Crippen LogP contribution in [0.4, 0.5) is 0 Å². The highest BCUT2D eigenvalue weighted by Crippen LogP contribution is 2.15. The number of amides is 1. The van der Waals surface area contributed by atoms with E-state index in [-0.39, 0.29) is 18.6 Å². The minimum Gasteiger partial charge on any atom is -0.384 e. The van der Waals surface area contributed by atoms with Gasteiger partial charge in [0.15, 0.2) is 0 Å². The van der Waals surface area contributed by atoms with Crippen LogP contribution in [0.3, 0.4) is 0 Å². The molecule has 1 aromatic carbocycles. The Morgan fingerprint density at radius 1 is 1.55 bits per heavy atom. The van der Waals surface area contributed by atoms with Crippen LogP contribution in [0.1, 0.15) is 33.9 Å². The lowest BCUT2D eigenvalue weighted by atomic mass is 10.1. The van der Waals surface area contributed by atoms with E-state index < -0.39 is 0 Å². The number of nitrogens with one attached hydrogen (secondary N) is 1. The van der Waals surface area contributed by atoms with Gasteiger partial charge >= 0.3 is 0 Å². The Kier molecular flexibility index (Phi) is 4.88. The van der Waals surface area contributed by atoms with E-state index >= 15 is 0 Å². The van der Waals surface area contributed by atoms with Crippen molar-refractivity contribution in [3.63, 3.8) is 0 Å². The largest absolute Gasteiger partial charge is 0.384 e. The van der Waals surface area contributed by atoms with Crippen molar-refractivity contribution in [2.24, 2.45) is 0 Å². The summed E-state index contributed by atoms with van der Waals surface area (Å²) in [6.07, 6.45) is 1.72. The number of hydrogen-bond donors (Lipinski definition) is 2. The Morgan fingerprint density at radius 3 is 3.10 bits per heavy atom. The van der Waals surface area contributed by atoms with Crippen molar-refractivity contribution in [2.45, 2.75) is 13.0 Å². The second kappa shape index (κ2) is 6.85. The zero-order valence-corrected chi connectivity index (χ0v) is 11.8. The minimum atomic E-state index is -0.197. The number of carbonyl (C=O) groups excluding carboxylic acids is 1. The molecule has 1 heterocycles. The highest BCUT2D eigenvalue weighted by molar-refractivity contribution is 7.09. The molecule has 0 fully saturated rings. The summed E-state index contributed by atoms with van der Waals surface area (Å²) in [4.78, 5) is 16.3. The molecule has 102 valence electrons. The van der Waals surface area contributed by atoms with Gasteiger partial charge in [-0.05, 0) is 25.1 Å². The molecule has 0 saturated heterocycles. The number of aromatic nitrogens is 1. The van der Waals surface area contributed by atoms with E-state index in [0.717, 1.165) is 5.01 Å². The Labute approximate surface area is 121 Å². The number of aliphatic hydroxyl groups excluding tert-OH is 1. The van der Waals surface area contributed by atoms with Crippen molar-refractivity contribution in [1.29, 1.82) is 0 Å². The third-order valence-corrected chi connectivity index (χ3v) is 3.56. The Morgan fingerprint density at radius 2 is 2.40 bits per heavy atom. The zero-order chi connectivity index (χ0) is 14.4. The lowest BCUT2D eigenvalue weighted by molar-refractivity contribution is 0.0940. The van der Waals surface area contributed by atoms with E-state index in [0.29, 0.717) is 11.1 Å². The average molecular weight is 286 g/mol. The SMILES string of the molecule is CC(NC(=O)c1cccc(C#CCO)c1)c1nccs1. The van der Waals surface area contributed by atoms with Gasteiger partial charge in [-0.3, -0.25) is 4.79 Å². The summed E-state index contributed by atoms with van der Waals surface area (Å²) in [5.41, 5.74) is 1.24. The van der Waals surface area contributed by atoms with Gasteiger partial charge in [0.2, 0.25) is 0 Å². The fourth-order valence-electron chi connectivity index (χ4n) is 1.67. The summed E-state index contributed by atoms with van der Waals surface area (Å²) in [5, 5.41) is 14.3. The Bertz CT molecular complexity index is 641. The van der Waals surface area contributed by atoms with Gasteiger partial charge in [0, 0.05) is 22.7 Å². The molecule has 0 spiro atoms. The van der Waals surface area contributed by atoms with E-state index in [9.17, 15) is 4.79 Å². The average Bonchev–Trinajstić information content (AvgIpc) is 2.99. The molecule has 2 aromatic rings. The normalized spacial score (nSPS) is 11.3. The third kappa shape index (κ3) is 3.67. The predicted octanol–water partition coefficient (Wildman–Crippen LogP) is 1.98. The van der Waals surface area contributed by atoms with Gasteiger partial charge < -0.3 is 10.4 Å². The monoisotopic (exact) mass is 286 g/mol. The molecule has 0 aliphatic carbocycles. The molecule has 1 aromatic heterocycles. The van der Waals surface area contributed by atoms with Crippen molar-refractivity contribution in [1.82, 2.24) is 10.3 Å². The van der Waals surface area contributed by atoms with E-state index in [1.807, 2.05) is 12.3 Å². The van der Waals surface area contributed by atoms with Crippen LogP contribution in [-0.2, 0) is 0 Å². The molecular formula is C15H14N2O2S. The first-order valence-corrected chi connectivity index (χ1v) is 6.98. The van der Waals surface area contributed by atoms with Gasteiger partial charge in [-0.25, -0.2) is 4.98 Å². The van der Waals surface area contributed by atoms with E-state index in [1.54, 1.807) is 30.5 Å². The van der Waals surface area contributed by atoms with Gasteiger partial charge in [0.25, 0.3) is 5.91 Å². The number of thiazole rings is 1. The van der Waals surface area contributed by atoms with Gasteiger partial charge in [0.1, 0.15) is 11.6 Å². The summed E-state index contributed by atoms with van der Waals surface area (Å²) in [7, 11) is 0. The summed E-state index contributed by atoms with van der Waals surface area (Å²) in [6.45, 7) is 1.70. The molecule has 0 bridgehead atoms. The van der Waals surface area contributed by atoms with Crippen LogP contribution in [-0.4, -0.2) is 22.6 Å². The molecule has 0 aliphatic heterocycles. The molecule has 5 heteroatoms. The van der Waals surface area contributed by atoms with Crippen LogP contribution in [0.5, 0.6) is 0 Å². The molecule has 1 unspecified atom stereocenters. The molecule has 4 nitrogen and oxygen atoms in total. The second-order valence-corrected chi connectivity index (χ2v) is 5.03. The van der Waals surface area contributed by atoms with Crippen molar-refractivity contribution in [3.8, 4) is 11.8 Å². The summed E-state index contributed by atoms with van der Waals surface area (Å²) >= 11 is 1.51. The Balaban J connectivity index is 2.09. The number of carbonyl (C=O) groups is 1. The van der Waals surface area contributed by atoms with Gasteiger partial charge in [-0.15, -0.1) is 11.3 Å². The quantitative estimate of drug-likeness (QED) is 0.848. The molecule has 0 saturated carbocycles. The van der Waals surface area contributed by atoms with Crippen molar-refractivity contribution < 1.29 is 9.90 Å². The van der Waals surface area contributed by atoms with Crippen molar-refractivity contribution in [3.05, 3.63) is 52.0 Å². The standard InChI is InChI=1S/C15H14N2O2S/c1-11(15-16-7-9-20-15)17-14(19)13-6-2-4-12(10-13)5-3-8-18/h2,4,6-7,9-11,18H,8H2,1H3,(H,17,19). The number of rotatable bonds is 3. The van der Waals surface area contributed by atoms with E-state index in [4.69, 9.17) is 5.11 Å². The maximum Gasteiger partial charge on any atom is 0.251 e. The van der Waals surface area contributed by atoms with Crippen LogP contribution >= 0.6 is 11.3 Å². The Hall–Kier alpha value is -2.16. The summed E-state index contributed by atoms with van der Waals surface area (Å²) in [5.74, 6) is 5.17. The number of aliphatic hydroxyl groups is 1. The molecule has 1 atom stereocenters. The van der Waals surface area contributed by atoms with E-state index in [1.165, 1.54) is 11.3 Å². The molecule has 1 amide bonds. The van der Waals surface area contributed by atoms with Gasteiger partial charge in [-0.2, -0.15) is 0 Å². The molecule has 0 radical (unpaired) electrons. The third-order valence-electron chi connectivity index (χ3n) is 2.61. The fraction of sp³-hybridized carbons (Fsp3) is 0.200. The van der Waals surface area contributed by atoms with Crippen LogP contribution in [0.2, 0.25) is 0 Å². The highest BCUT2D eigenvalue weighted by atomic mass is 32.1. The van der Waals surface area contributed by atoms with Crippen LogP contribution in [0.15, 0.2) is 35.8 Å². The minimum absolute atomic E-state index is 0.130. The molecule has 2 rings (SSSR count). The summed E-state index contributed by atoms with van der Waals surface area (Å²) in [6, 6.07) is 6.86. The fourth-order valence-corrected chi connectivity index (χ4v) is 2.32. The van der Waals surface area contributed by atoms with E-state index in [2.05, 4.69) is 22.1 Å². The van der Waals surface area contributed by atoms with Crippen LogP contribution in [0, 0.1) is 11.8 Å². The predicted molar refractivity (Wildman–Crippen MR) is 78.4 cm³/mol. The lowest BCUT2D eigenvalue weighted by Gasteiger charge is -2.11. The van der Waals surface area contributed by atoms with Crippen molar-refractivity contribution in [2.75, 3.05) is 6.61 Å². The summed E-state index contributed by atoms with van der Waals surface area (Å²) < 4.78 is 0. The first-order valence-electron chi connectivity index (χ1n) is 6.10. The highest BCUT2D eigenvalue weighted by Gasteiger charge is 2.13. The van der Waals surface area contributed by atoms with Gasteiger partial charge in [-0.1, -0.05) is 17.9 Å². The van der Waals surface area contributed by atoms with Crippen LogP contribution in [0.25, 0.3) is 0 Å². The number of nitrogens with zero attached hydrogens (tertiary/aromatic N) is 1. The molecular weight excluding hydrogens is 272 g/mol. The maximum absolute atomic E-state index is 12.1. The van der Waals surface area contributed by atoms with Crippen LogP contribution < -0.4 is 5.32 Å². The number of benzene rings is 1.